The van der Waals surface area contributed by atoms with Crippen molar-refractivity contribution in [2.45, 2.75) is 33.9 Å². The molecule has 0 atom stereocenters. The number of rotatable bonds is 10. The molecule has 3 aromatic rings. The third-order valence-electron chi connectivity index (χ3n) is 4.37. The third kappa shape index (κ3) is 5.31. The second-order valence-electron chi connectivity index (χ2n) is 6.45. The Morgan fingerprint density at radius 2 is 1.67 bits per heavy atom. The van der Waals surface area contributed by atoms with Crippen molar-refractivity contribution in [3.05, 3.63) is 66.0 Å². The van der Waals surface area contributed by atoms with Crippen molar-refractivity contribution < 1.29 is 19.0 Å². The van der Waals surface area contributed by atoms with E-state index in [0.29, 0.717) is 49.2 Å². The maximum absolute atomic E-state index is 12.4. The van der Waals surface area contributed by atoms with Gasteiger partial charge in [0.15, 0.2) is 11.5 Å². The van der Waals surface area contributed by atoms with Crippen LogP contribution in [0.1, 0.15) is 36.8 Å². The van der Waals surface area contributed by atoms with Gasteiger partial charge in [-0.1, -0.05) is 6.07 Å². The Morgan fingerprint density at radius 1 is 0.933 bits per heavy atom. The fraction of sp³-hybridized carbons (Fsp3) is 0.304. The van der Waals surface area contributed by atoms with Crippen LogP contribution in [0.25, 0.3) is 0 Å². The molecular weight excluding hydrogens is 382 g/mol. The third-order valence-corrected chi connectivity index (χ3v) is 4.37. The first-order chi connectivity index (χ1) is 14.6. The van der Waals surface area contributed by atoms with Gasteiger partial charge in [0.25, 0.3) is 5.91 Å². The molecule has 0 radical (unpaired) electrons. The van der Waals surface area contributed by atoms with Crippen molar-refractivity contribution in [3.63, 3.8) is 0 Å². The summed E-state index contributed by atoms with van der Waals surface area (Å²) in [5.74, 6) is 1.96. The van der Waals surface area contributed by atoms with Crippen molar-refractivity contribution in [1.82, 2.24) is 9.78 Å². The number of carbonyl (C=O) groups excluding carboxylic acids is 1. The van der Waals surface area contributed by atoms with Crippen LogP contribution in [-0.2, 0) is 13.2 Å². The summed E-state index contributed by atoms with van der Waals surface area (Å²) in [6, 6.07) is 14.7. The SMILES string of the molecule is CCOc1ccc(COc2ccc(NC(=O)c3ccnn3CC)cc2)cc1OCC. The summed E-state index contributed by atoms with van der Waals surface area (Å²) >= 11 is 0. The molecule has 0 saturated carbocycles. The van der Waals surface area contributed by atoms with Gasteiger partial charge in [0.05, 0.1) is 13.2 Å². The Morgan fingerprint density at radius 3 is 2.37 bits per heavy atom. The van der Waals surface area contributed by atoms with Gasteiger partial charge < -0.3 is 19.5 Å². The topological polar surface area (TPSA) is 74.6 Å². The number of amides is 1. The summed E-state index contributed by atoms with van der Waals surface area (Å²) in [4.78, 5) is 12.4. The number of aryl methyl sites for hydroxylation is 1. The summed E-state index contributed by atoms with van der Waals surface area (Å²) in [6.07, 6.45) is 1.62. The minimum Gasteiger partial charge on any atom is -0.490 e. The molecule has 0 saturated heterocycles. The van der Waals surface area contributed by atoms with Gasteiger partial charge in [0.2, 0.25) is 0 Å². The minimum atomic E-state index is -0.194. The molecule has 0 fully saturated rings. The summed E-state index contributed by atoms with van der Waals surface area (Å²) in [7, 11) is 0. The molecule has 1 heterocycles. The highest BCUT2D eigenvalue weighted by molar-refractivity contribution is 6.03. The number of nitrogens with zero attached hydrogens (tertiary/aromatic N) is 2. The monoisotopic (exact) mass is 409 g/mol. The first-order valence-electron chi connectivity index (χ1n) is 10.1. The molecule has 0 spiro atoms. The molecule has 7 heteroatoms. The van der Waals surface area contributed by atoms with E-state index in [0.717, 1.165) is 11.3 Å². The molecular formula is C23H27N3O4. The predicted octanol–water partition coefficient (Wildman–Crippen LogP) is 4.53. The standard InChI is InChI=1S/C23H27N3O4/c1-4-26-20(13-14-24-26)23(27)25-18-8-10-19(11-9-18)30-16-17-7-12-21(28-5-2)22(15-17)29-6-3/h7-15H,4-6,16H2,1-3H3,(H,25,27). The number of carbonyl (C=O) groups is 1. The zero-order valence-electron chi connectivity index (χ0n) is 17.6. The molecule has 30 heavy (non-hydrogen) atoms. The van der Waals surface area contributed by atoms with E-state index < -0.39 is 0 Å². The zero-order chi connectivity index (χ0) is 21.3. The number of benzene rings is 2. The largest absolute Gasteiger partial charge is 0.490 e. The average molecular weight is 409 g/mol. The van der Waals surface area contributed by atoms with Gasteiger partial charge in [-0.3, -0.25) is 9.48 Å². The van der Waals surface area contributed by atoms with Crippen molar-refractivity contribution >= 4 is 11.6 Å². The fourth-order valence-electron chi connectivity index (χ4n) is 2.96. The number of anilines is 1. The van der Waals surface area contributed by atoms with Crippen LogP contribution in [-0.4, -0.2) is 28.9 Å². The minimum absolute atomic E-state index is 0.194. The lowest BCUT2D eigenvalue weighted by Gasteiger charge is -2.13. The Bertz CT molecular complexity index is 967. The maximum Gasteiger partial charge on any atom is 0.273 e. The Kier molecular flexibility index (Phi) is 7.32. The summed E-state index contributed by atoms with van der Waals surface area (Å²) < 4.78 is 18.8. The van der Waals surface area contributed by atoms with E-state index in [4.69, 9.17) is 14.2 Å². The van der Waals surface area contributed by atoms with Crippen LogP contribution in [0.4, 0.5) is 5.69 Å². The highest BCUT2D eigenvalue weighted by atomic mass is 16.5. The van der Waals surface area contributed by atoms with E-state index >= 15 is 0 Å². The highest BCUT2D eigenvalue weighted by Gasteiger charge is 2.11. The van der Waals surface area contributed by atoms with Gasteiger partial charge >= 0.3 is 0 Å². The van der Waals surface area contributed by atoms with Gasteiger partial charge in [-0.05, 0) is 68.8 Å². The second kappa shape index (κ2) is 10.3. The lowest BCUT2D eigenvalue weighted by atomic mass is 10.2. The van der Waals surface area contributed by atoms with Crippen LogP contribution in [0.3, 0.4) is 0 Å². The van der Waals surface area contributed by atoms with E-state index in [-0.39, 0.29) is 5.91 Å². The Labute approximate surface area is 176 Å². The summed E-state index contributed by atoms with van der Waals surface area (Å²) in [6.45, 7) is 8.01. The van der Waals surface area contributed by atoms with Gasteiger partial charge in [0, 0.05) is 18.4 Å². The van der Waals surface area contributed by atoms with Crippen molar-refractivity contribution in [1.29, 1.82) is 0 Å². The quantitative estimate of drug-likeness (QED) is 0.532. The molecule has 0 aliphatic heterocycles. The van der Waals surface area contributed by atoms with Crippen molar-refractivity contribution in [2.24, 2.45) is 0 Å². The smallest absolute Gasteiger partial charge is 0.273 e. The molecule has 3 rings (SSSR count). The number of hydrogen-bond donors (Lipinski definition) is 1. The molecule has 158 valence electrons. The number of nitrogens with one attached hydrogen (secondary N) is 1. The van der Waals surface area contributed by atoms with Crippen LogP contribution in [0, 0.1) is 0 Å². The van der Waals surface area contributed by atoms with E-state index in [2.05, 4.69) is 10.4 Å². The van der Waals surface area contributed by atoms with E-state index in [1.165, 1.54) is 0 Å². The molecule has 2 aromatic carbocycles. The lowest BCUT2D eigenvalue weighted by molar-refractivity contribution is 0.101. The summed E-state index contributed by atoms with van der Waals surface area (Å²) in [5, 5.41) is 6.99. The molecule has 0 unspecified atom stereocenters. The van der Waals surface area contributed by atoms with Crippen molar-refractivity contribution in [3.8, 4) is 17.2 Å². The maximum atomic E-state index is 12.4. The first kappa shape index (κ1) is 21.2. The van der Waals surface area contributed by atoms with Gasteiger partial charge in [-0.15, -0.1) is 0 Å². The fourth-order valence-corrected chi connectivity index (χ4v) is 2.96. The number of ether oxygens (including phenoxy) is 3. The summed E-state index contributed by atoms with van der Waals surface area (Å²) in [5.41, 5.74) is 2.20. The molecule has 1 N–H and O–H groups in total. The van der Waals surface area contributed by atoms with Gasteiger partial charge in [-0.2, -0.15) is 5.10 Å². The van der Waals surface area contributed by atoms with E-state index in [1.54, 1.807) is 16.9 Å². The number of hydrogen-bond acceptors (Lipinski definition) is 5. The van der Waals surface area contributed by atoms with Crippen LogP contribution < -0.4 is 19.5 Å². The Hall–Kier alpha value is -3.48. The normalized spacial score (nSPS) is 10.5. The zero-order valence-corrected chi connectivity index (χ0v) is 17.6. The van der Waals surface area contributed by atoms with Gasteiger partial charge in [0.1, 0.15) is 18.1 Å². The van der Waals surface area contributed by atoms with E-state index in [9.17, 15) is 4.79 Å². The average Bonchev–Trinajstić information content (AvgIpc) is 3.24. The van der Waals surface area contributed by atoms with Crippen molar-refractivity contribution in [2.75, 3.05) is 18.5 Å². The van der Waals surface area contributed by atoms with Crippen LogP contribution in [0.15, 0.2) is 54.7 Å². The van der Waals surface area contributed by atoms with Gasteiger partial charge in [-0.25, -0.2) is 0 Å². The molecule has 1 amide bonds. The molecule has 0 aliphatic carbocycles. The predicted molar refractivity (Wildman–Crippen MR) is 115 cm³/mol. The second-order valence-corrected chi connectivity index (χ2v) is 6.45. The molecule has 1 aromatic heterocycles. The first-order valence-corrected chi connectivity index (χ1v) is 10.1. The Balaban J connectivity index is 1.59. The highest BCUT2D eigenvalue weighted by Crippen LogP contribution is 2.29. The van der Waals surface area contributed by atoms with Crippen LogP contribution in [0.5, 0.6) is 17.2 Å². The van der Waals surface area contributed by atoms with Crippen LogP contribution in [0.2, 0.25) is 0 Å². The molecule has 0 aliphatic rings. The van der Waals surface area contributed by atoms with E-state index in [1.807, 2.05) is 63.2 Å². The number of aromatic nitrogens is 2. The lowest BCUT2D eigenvalue weighted by Crippen LogP contribution is -2.17. The molecule has 0 bridgehead atoms. The molecule has 7 nitrogen and oxygen atoms in total. The van der Waals surface area contributed by atoms with Crippen LogP contribution >= 0.6 is 0 Å².